The Hall–Kier alpha value is -2.07. The summed E-state index contributed by atoms with van der Waals surface area (Å²) >= 11 is 0. The van der Waals surface area contributed by atoms with Gasteiger partial charge in [-0.25, -0.2) is 0 Å². The Labute approximate surface area is 120 Å². The molecule has 0 saturated heterocycles. The summed E-state index contributed by atoms with van der Waals surface area (Å²) in [6, 6.07) is 10.0. The lowest BCUT2D eigenvalue weighted by Crippen LogP contribution is -2.08. The van der Waals surface area contributed by atoms with E-state index >= 15 is 0 Å². The van der Waals surface area contributed by atoms with E-state index in [0.717, 1.165) is 22.7 Å². The van der Waals surface area contributed by atoms with Gasteiger partial charge in [-0.15, -0.1) is 0 Å². The van der Waals surface area contributed by atoms with Crippen molar-refractivity contribution >= 4 is 5.69 Å². The Kier molecular flexibility index (Phi) is 4.58. The molecule has 0 saturated carbocycles. The zero-order chi connectivity index (χ0) is 14.5. The number of aryl methyl sites for hydroxylation is 1. The van der Waals surface area contributed by atoms with Crippen LogP contribution >= 0.6 is 0 Å². The smallest absolute Gasteiger partial charge is 0.130 e. The molecule has 106 valence electrons. The summed E-state index contributed by atoms with van der Waals surface area (Å²) < 4.78 is 5.88. The number of nitrogens with zero attached hydrogens (tertiary/aromatic N) is 1. The average Bonchev–Trinajstić information content (AvgIpc) is 2.46. The molecule has 20 heavy (non-hydrogen) atoms. The van der Waals surface area contributed by atoms with Crippen molar-refractivity contribution in [2.45, 2.75) is 33.3 Å². The second-order valence-corrected chi connectivity index (χ2v) is 5.15. The average molecular weight is 271 g/mol. The van der Waals surface area contributed by atoms with Gasteiger partial charge < -0.3 is 10.2 Å². The number of ether oxygens (including phenoxy) is 1. The van der Waals surface area contributed by atoms with Crippen LogP contribution in [0.15, 0.2) is 36.5 Å². The number of hydrogen-bond donors (Lipinski definition) is 2. The quantitative estimate of drug-likeness (QED) is 0.646. The van der Waals surface area contributed by atoms with Gasteiger partial charge in [0.1, 0.15) is 12.4 Å². The molecule has 0 amide bonds. The van der Waals surface area contributed by atoms with Crippen LogP contribution in [0.2, 0.25) is 0 Å². The van der Waals surface area contributed by atoms with E-state index < -0.39 is 0 Å². The zero-order valence-corrected chi connectivity index (χ0v) is 12.2. The Morgan fingerprint density at radius 2 is 2.05 bits per heavy atom. The minimum absolute atomic E-state index is 0.428. The number of benzene rings is 1. The highest BCUT2D eigenvalue weighted by atomic mass is 16.5. The first-order chi connectivity index (χ1) is 9.60. The van der Waals surface area contributed by atoms with Crippen LogP contribution in [0.25, 0.3) is 0 Å². The fraction of sp³-hybridized carbons (Fsp3) is 0.312. The van der Waals surface area contributed by atoms with Gasteiger partial charge in [0, 0.05) is 6.20 Å². The van der Waals surface area contributed by atoms with Gasteiger partial charge in [0.2, 0.25) is 0 Å². The Balaban J connectivity index is 2.11. The summed E-state index contributed by atoms with van der Waals surface area (Å²) in [6.45, 7) is 6.82. The van der Waals surface area contributed by atoms with Crippen LogP contribution < -0.4 is 16.0 Å². The van der Waals surface area contributed by atoms with Crippen LogP contribution in [-0.2, 0) is 6.61 Å². The summed E-state index contributed by atoms with van der Waals surface area (Å²) in [6.07, 6.45) is 1.71. The van der Waals surface area contributed by atoms with Crippen molar-refractivity contribution in [2.24, 2.45) is 5.84 Å². The third kappa shape index (κ3) is 3.48. The van der Waals surface area contributed by atoms with E-state index in [9.17, 15) is 0 Å². The largest absolute Gasteiger partial charge is 0.487 e. The maximum atomic E-state index is 5.88. The summed E-state index contributed by atoms with van der Waals surface area (Å²) in [5, 5.41) is 0. The molecule has 0 spiro atoms. The Morgan fingerprint density at radius 1 is 1.25 bits per heavy atom. The standard InChI is InChI=1S/C16H21N3O/c1-11(2)13-5-4-12(3)16(8-13)20-10-15-9-14(19-17)6-7-18-15/h4-9,11H,10,17H2,1-3H3,(H,18,19). The van der Waals surface area contributed by atoms with Gasteiger partial charge in [-0.1, -0.05) is 26.0 Å². The molecule has 0 aliphatic rings. The van der Waals surface area contributed by atoms with Crippen molar-refractivity contribution in [3.63, 3.8) is 0 Å². The maximum Gasteiger partial charge on any atom is 0.130 e. The maximum absolute atomic E-state index is 5.88. The first-order valence-corrected chi connectivity index (χ1v) is 6.75. The van der Waals surface area contributed by atoms with E-state index in [-0.39, 0.29) is 0 Å². The molecule has 4 nitrogen and oxygen atoms in total. The number of nitrogens with two attached hydrogens (primary N) is 1. The van der Waals surface area contributed by atoms with Gasteiger partial charge in [0.25, 0.3) is 0 Å². The number of rotatable bonds is 5. The molecule has 2 aromatic rings. The fourth-order valence-corrected chi connectivity index (χ4v) is 1.93. The molecule has 1 aromatic heterocycles. The number of hydrogen-bond acceptors (Lipinski definition) is 4. The number of anilines is 1. The van der Waals surface area contributed by atoms with Crippen molar-refractivity contribution in [3.8, 4) is 5.75 Å². The van der Waals surface area contributed by atoms with Gasteiger partial charge in [0.05, 0.1) is 11.4 Å². The van der Waals surface area contributed by atoms with Crippen molar-refractivity contribution < 1.29 is 4.74 Å². The zero-order valence-electron chi connectivity index (χ0n) is 12.2. The SMILES string of the molecule is Cc1ccc(C(C)C)cc1OCc1cc(NN)ccn1. The van der Waals surface area contributed by atoms with E-state index in [4.69, 9.17) is 10.6 Å². The number of hydrazine groups is 1. The number of nitrogen functional groups attached to an aromatic ring is 1. The second-order valence-electron chi connectivity index (χ2n) is 5.15. The molecule has 0 atom stereocenters. The molecule has 1 heterocycles. The normalized spacial score (nSPS) is 10.7. The van der Waals surface area contributed by atoms with Gasteiger partial charge in [0.15, 0.2) is 0 Å². The number of aromatic nitrogens is 1. The summed E-state index contributed by atoms with van der Waals surface area (Å²) in [4.78, 5) is 4.27. The van der Waals surface area contributed by atoms with Gasteiger partial charge >= 0.3 is 0 Å². The minimum Gasteiger partial charge on any atom is -0.487 e. The monoisotopic (exact) mass is 271 g/mol. The van der Waals surface area contributed by atoms with Crippen LogP contribution in [0.3, 0.4) is 0 Å². The third-order valence-corrected chi connectivity index (χ3v) is 3.24. The molecule has 0 radical (unpaired) electrons. The van der Waals surface area contributed by atoms with E-state index in [1.165, 1.54) is 5.56 Å². The Morgan fingerprint density at radius 3 is 2.75 bits per heavy atom. The first kappa shape index (κ1) is 14.3. The second kappa shape index (κ2) is 6.39. The molecule has 0 unspecified atom stereocenters. The van der Waals surface area contributed by atoms with E-state index in [0.29, 0.717) is 12.5 Å². The summed E-state index contributed by atoms with van der Waals surface area (Å²) in [5.74, 6) is 6.78. The number of pyridine rings is 1. The molecule has 0 bridgehead atoms. The molecule has 3 N–H and O–H groups in total. The lowest BCUT2D eigenvalue weighted by Gasteiger charge is -2.13. The highest BCUT2D eigenvalue weighted by Crippen LogP contribution is 2.25. The summed E-state index contributed by atoms with van der Waals surface area (Å²) in [5.41, 5.74) is 6.67. The molecule has 2 rings (SSSR count). The fourth-order valence-electron chi connectivity index (χ4n) is 1.93. The van der Waals surface area contributed by atoms with Gasteiger partial charge in [-0.05, 0) is 42.2 Å². The number of nitrogens with one attached hydrogen (secondary N) is 1. The predicted octanol–water partition coefficient (Wildman–Crippen LogP) is 3.38. The van der Waals surface area contributed by atoms with Crippen LogP contribution in [-0.4, -0.2) is 4.98 Å². The van der Waals surface area contributed by atoms with Crippen molar-refractivity contribution in [1.82, 2.24) is 4.98 Å². The molecular weight excluding hydrogens is 250 g/mol. The van der Waals surface area contributed by atoms with Crippen LogP contribution in [0.5, 0.6) is 5.75 Å². The lowest BCUT2D eigenvalue weighted by atomic mass is 10.0. The first-order valence-electron chi connectivity index (χ1n) is 6.75. The molecular formula is C16H21N3O. The molecule has 4 heteroatoms. The van der Waals surface area contributed by atoms with Crippen molar-refractivity contribution in [1.29, 1.82) is 0 Å². The van der Waals surface area contributed by atoms with Gasteiger partial charge in [-0.3, -0.25) is 10.8 Å². The molecule has 0 aliphatic carbocycles. The van der Waals surface area contributed by atoms with Gasteiger partial charge in [-0.2, -0.15) is 0 Å². The topological polar surface area (TPSA) is 60.2 Å². The van der Waals surface area contributed by atoms with E-state index in [2.05, 4.69) is 42.5 Å². The van der Waals surface area contributed by atoms with Crippen LogP contribution in [0, 0.1) is 6.92 Å². The van der Waals surface area contributed by atoms with Crippen LogP contribution in [0.1, 0.15) is 36.6 Å². The molecule has 0 aliphatic heterocycles. The highest BCUT2D eigenvalue weighted by Gasteiger charge is 2.06. The minimum atomic E-state index is 0.428. The molecule has 0 fully saturated rings. The highest BCUT2D eigenvalue weighted by molar-refractivity contribution is 5.42. The van der Waals surface area contributed by atoms with Crippen molar-refractivity contribution in [2.75, 3.05) is 5.43 Å². The molecule has 1 aromatic carbocycles. The predicted molar refractivity (Wildman–Crippen MR) is 81.6 cm³/mol. The Bertz CT molecular complexity index is 582. The van der Waals surface area contributed by atoms with Crippen molar-refractivity contribution in [3.05, 3.63) is 53.3 Å². The third-order valence-electron chi connectivity index (χ3n) is 3.24. The lowest BCUT2D eigenvalue weighted by molar-refractivity contribution is 0.299. The summed E-state index contributed by atoms with van der Waals surface area (Å²) in [7, 11) is 0. The van der Waals surface area contributed by atoms with E-state index in [1.54, 1.807) is 6.20 Å². The van der Waals surface area contributed by atoms with E-state index in [1.807, 2.05) is 19.1 Å². The van der Waals surface area contributed by atoms with Crippen LogP contribution in [0.4, 0.5) is 5.69 Å².